The fourth-order valence-corrected chi connectivity index (χ4v) is 14.5. The van der Waals surface area contributed by atoms with Crippen LogP contribution in [0.3, 0.4) is 0 Å². The molecule has 0 saturated carbocycles. The van der Waals surface area contributed by atoms with Crippen molar-refractivity contribution >= 4 is 167 Å². The van der Waals surface area contributed by atoms with Crippen molar-refractivity contribution in [3.63, 3.8) is 0 Å². The van der Waals surface area contributed by atoms with E-state index in [1.54, 1.807) is 0 Å². The molecule has 4 aliphatic rings. The van der Waals surface area contributed by atoms with Gasteiger partial charge >= 0.3 is 0 Å². The van der Waals surface area contributed by atoms with Crippen molar-refractivity contribution in [2.75, 3.05) is 19.6 Å². The topological polar surface area (TPSA) is 64.5 Å². The standard InChI is InChI=1S/C58H34B2N8S2/c1-4-22-52-39(15-1)57-58(70-52)60-44-28-41-40-27-43-50(66(36-12-8-24-62-32-36)47-19-5-18-46-55(47)59(43)42-16-2-3-17-45(42)65(46)35-11-7-23-61-31-35)29-53(40)69-54(41)30-51(44)67(37-13-9-25-63-33-37)48-20-6-21-49(56(48)60)68(57)38-14-10-26-64-34-38/h1-34H. The number of nitrogens with zero attached hydrogens (tertiary/aromatic N) is 8. The van der Waals surface area contributed by atoms with E-state index in [4.69, 9.17) is 4.98 Å². The van der Waals surface area contributed by atoms with Crippen molar-refractivity contribution in [3.8, 4) is 0 Å². The number of hydrogen-bond acceptors (Lipinski definition) is 10. The smallest absolute Gasteiger partial charge is 0.264 e. The Kier molecular flexibility index (Phi) is 7.94. The van der Waals surface area contributed by atoms with Gasteiger partial charge in [-0.25, -0.2) is 0 Å². The minimum atomic E-state index is -0.0244. The first-order valence-corrected chi connectivity index (χ1v) is 25.1. The molecule has 12 aromatic rings. The Morgan fingerprint density at radius 2 is 0.786 bits per heavy atom. The van der Waals surface area contributed by atoms with Crippen molar-refractivity contribution < 1.29 is 0 Å². The zero-order chi connectivity index (χ0) is 45.6. The maximum Gasteiger partial charge on any atom is 0.264 e. The number of benzene rings is 6. The van der Waals surface area contributed by atoms with Crippen LogP contribution in [0.2, 0.25) is 0 Å². The molecule has 0 fully saturated rings. The van der Waals surface area contributed by atoms with Gasteiger partial charge in [0.1, 0.15) is 0 Å². The summed E-state index contributed by atoms with van der Waals surface area (Å²) in [6.07, 6.45) is 15.4. The summed E-state index contributed by atoms with van der Waals surface area (Å²) in [5.74, 6) is 0. The van der Waals surface area contributed by atoms with Gasteiger partial charge in [0.25, 0.3) is 13.4 Å². The summed E-state index contributed by atoms with van der Waals surface area (Å²) in [6, 6.07) is 58.2. The monoisotopic (exact) mass is 928 g/mol. The van der Waals surface area contributed by atoms with E-state index in [9.17, 15) is 0 Å². The van der Waals surface area contributed by atoms with Crippen LogP contribution < -0.4 is 51.7 Å². The zero-order valence-electron chi connectivity index (χ0n) is 37.2. The highest BCUT2D eigenvalue weighted by Crippen LogP contribution is 2.50. The van der Waals surface area contributed by atoms with Gasteiger partial charge in [0.05, 0.1) is 53.2 Å². The van der Waals surface area contributed by atoms with E-state index in [0.717, 1.165) is 51.2 Å². The van der Waals surface area contributed by atoms with Crippen molar-refractivity contribution in [3.05, 3.63) is 207 Å². The fraction of sp³-hybridized carbons (Fsp3) is 0. The Morgan fingerprint density at radius 1 is 0.329 bits per heavy atom. The molecule has 10 heterocycles. The van der Waals surface area contributed by atoms with E-state index in [-0.39, 0.29) is 13.4 Å². The van der Waals surface area contributed by atoms with Crippen molar-refractivity contribution in [1.29, 1.82) is 0 Å². The van der Waals surface area contributed by atoms with E-state index in [0.29, 0.717) is 0 Å². The molecule has 8 nitrogen and oxygen atoms in total. The number of anilines is 12. The molecule has 0 saturated heterocycles. The highest BCUT2D eigenvalue weighted by atomic mass is 32.1. The minimum absolute atomic E-state index is 0.0226. The molecule has 0 spiro atoms. The Bertz CT molecular complexity index is 4130. The van der Waals surface area contributed by atoms with Crippen molar-refractivity contribution in [1.82, 2.24) is 19.9 Å². The summed E-state index contributed by atoms with van der Waals surface area (Å²) < 4.78 is 5.09. The third-order valence-corrected chi connectivity index (χ3v) is 17.1. The molecule has 0 amide bonds. The molecule has 0 unspecified atom stereocenters. The van der Waals surface area contributed by atoms with E-state index < -0.39 is 0 Å². The maximum atomic E-state index is 4.69. The Hall–Kier alpha value is -8.57. The molecule has 0 radical (unpaired) electrons. The summed E-state index contributed by atoms with van der Waals surface area (Å²) in [7, 11) is 0. The molecule has 0 N–H and O–H groups in total. The van der Waals surface area contributed by atoms with Gasteiger partial charge in [-0.2, -0.15) is 0 Å². The lowest BCUT2D eigenvalue weighted by Gasteiger charge is -2.43. The van der Waals surface area contributed by atoms with Crippen LogP contribution in [0.4, 0.5) is 68.2 Å². The Balaban J connectivity index is 0.984. The molecule has 324 valence electrons. The molecular formula is C58H34B2N8S2. The van der Waals surface area contributed by atoms with Crippen LogP contribution in [0.25, 0.3) is 30.3 Å². The van der Waals surface area contributed by atoms with E-state index in [1.165, 1.54) is 79.4 Å². The van der Waals surface area contributed by atoms with Crippen LogP contribution in [0.15, 0.2) is 207 Å². The van der Waals surface area contributed by atoms with Gasteiger partial charge in [0.15, 0.2) is 0 Å². The lowest BCUT2D eigenvalue weighted by molar-refractivity contribution is 1.21. The minimum Gasteiger partial charge on any atom is -0.310 e. The predicted octanol–water partition coefficient (Wildman–Crippen LogP) is 11.0. The average Bonchev–Trinajstić information content (AvgIpc) is 3.98. The summed E-state index contributed by atoms with van der Waals surface area (Å²) in [5, 5.41) is 3.77. The molecule has 6 aromatic carbocycles. The predicted molar refractivity (Wildman–Crippen MR) is 294 cm³/mol. The lowest BCUT2D eigenvalue weighted by atomic mass is 9.33. The first-order chi connectivity index (χ1) is 34.8. The second kappa shape index (κ2) is 14.5. The summed E-state index contributed by atoms with van der Waals surface area (Å²) in [6.45, 7) is -0.0470. The van der Waals surface area contributed by atoms with E-state index in [2.05, 4.69) is 168 Å². The first kappa shape index (κ1) is 38.4. The van der Waals surface area contributed by atoms with Gasteiger partial charge in [0, 0.05) is 88.9 Å². The van der Waals surface area contributed by atoms with E-state index in [1.807, 2.05) is 96.5 Å². The zero-order valence-corrected chi connectivity index (χ0v) is 38.8. The SMILES string of the molecule is c1cncc(N2c3ccccc3B3c4cc5c(cc4N(c4cccnc4)c4cccc2c43)sc2cc3c(cc25)B2c4sc5ccccc5c4N(c4cccnc4)c4cccc(c42)N3c2cccnc2)c1. The van der Waals surface area contributed by atoms with Crippen LogP contribution in [0.5, 0.6) is 0 Å². The summed E-state index contributed by atoms with van der Waals surface area (Å²) >= 11 is 3.79. The van der Waals surface area contributed by atoms with Gasteiger partial charge in [-0.3, -0.25) is 19.9 Å². The molecule has 0 atom stereocenters. The molecule has 4 aliphatic heterocycles. The van der Waals surface area contributed by atoms with E-state index >= 15 is 0 Å². The lowest BCUT2D eigenvalue weighted by Crippen LogP contribution is -2.61. The third kappa shape index (κ3) is 5.21. The highest BCUT2D eigenvalue weighted by molar-refractivity contribution is 7.34. The number of aromatic nitrogens is 4. The van der Waals surface area contributed by atoms with Crippen LogP contribution >= 0.6 is 22.7 Å². The number of fused-ring (bicyclic) bond motifs is 13. The summed E-state index contributed by atoms with van der Waals surface area (Å²) in [4.78, 5) is 28.3. The van der Waals surface area contributed by atoms with Crippen LogP contribution in [-0.4, -0.2) is 33.4 Å². The van der Waals surface area contributed by atoms with Gasteiger partial charge < -0.3 is 19.6 Å². The van der Waals surface area contributed by atoms with Crippen LogP contribution in [0, 0.1) is 0 Å². The van der Waals surface area contributed by atoms with Crippen molar-refractivity contribution in [2.45, 2.75) is 0 Å². The Labute approximate surface area is 411 Å². The average molecular weight is 929 g/mol. The molecule has 0 aliphatic carbocycles. The number of pyridine rings is 4. The normalized spacial score (nSPS) is 13.8. The quantitative estimate of drug-likeness (QED) is 0.162. The van der Waals surface area contributed by atoms with Crippen molar-refractivity contribution in [2.24, 2.45) is 0 Å². The highest BCUT2D eigenvalue weighted by Gasteiger charge is 2.47. The number of hydrogen-bond donors (Lipinski definition) is 0. The second-order valence-corrected chi connectivity index (χ2v) is 20.4. The second-order valence-electron chi connectivity index (χ2n) is 18.3. The molecule has 6 aromatic heterocycles. The number of rotatable bonds is 4. The number of thiophene rings is 2. The maximum absolute atomic E-state index is 4.69. The van der Waals surface area contributed by atoms with Crippen LogP contribution in [0.1, 0.15) is 0 Å². The van der Waals surface area contributed by atoms with Crippen LogP contribution in [-0.2, 0) is 0 Å². The van der Waals surface area contributed by atoms with Gasteiger partial charge in [-0.15, -0.1) is 22.7 Å². The fourth-order valence-electron chi connectivity index (χ4n) is 12.1. The molecule has 16 rings (SSSR count). The largest absolute Gasteiger partial charge is 0.310 e. The molecule has 70 heavy (non-hydrogen) atoms. The first-order valence-electron chi connectivity index (χ1n) is 23.5. The van der Waals surface area contributed by atoms with Gasteiger partial charge in [-0.1, -0.05) is 60.7 Å². The summed E-state index contributed by atoms with van der Waals surface area (Å²) in [5.41, 5.74) is 19.9. The number of para-hydroxylation sites is 1. The van der Waals surface area contributed by atoms with Gasteiger partial charge in [0.2, 0.25) is 0 Å². The molecule has 0 bridgehead atoms. The Morgan fingerprint density at radius 3 is 1.34 bits per heavy atom. The third-order valence-electron chi connectivity index (χ3n) is 14.7. The molecular weight excluding hydrogens is 894 g/mol. The molecule has 12 heteroatoms. The van der Waals surface area contributed by atoms with Gasteiger partial charge in [-0.05, 0) is 135 Å².